The summed E-state index contributed by atoms with van der Waals surface area (Å²) in [4.78, 5) is 39.5. The van der Waals surface area contributed by atoms with Crippen molar-refractivity contribution in [3.63, 3.8) is 0 Å². The Bertz CT molecular complexity index is 866. The van der Waals surface area contributed by atoms with Gasteiger partial charge in [-0.3, -0.25) is 9.69 Å². The Morgan fingerprint density at radius 2 is 1.93 bits per heavy atom. The molecule has 3 atom stereocenters. The van der Waals surface area contributed by atoms with Crippen LogP contribution >= 0.6 is 0 Å². The molecule has 0 bridgehead atoms. The minimum absolute atomic E-state index is 0. The summed E-state index contributed by atoms with van der Waals surface area (Å²) in [5.41, 5.74) is 0.997. The summed E-state index contributed by atoms with van der Waals surface area (Å²) in [5.74, 6) is -1.46. The number of carboxylic acid groups (broad SMARTS) is 1. The number of hydrogen-bond acceptors (Lipinski definition) is 4. The van der Waals surface area contributed by atoms with Crippen molar-refractivity contribution in [2.75, 3.05) is 11.9 Å². The summed E-state index contributed by atoms with van der Waals surface area (Å²) in [7, 11) is 0. The van der Waals surface area contributed by atoms with E-state index in [1.807, 2.05) is 0 Å². The van der Waals surface area contributed by atoms with Crippen molar-refractivity contribution >= 4 is 53.2 Å². The number of anilines is 1. The van der Waals surface area contributed by atoms with E-state index in [0.717, 1.165) is 0 Å². The van der Waals surface area contributed by atoms with Gasteiger partial charge in [0.1, 0.15) is 17.5 Å². The molecule has 1 aromatic rings. The maximum absolute atomic E-state index is 12.6. The number of aromatic hydroxyl groups is 1. The molecule has 4 rings (SSSR count). The molecule has 0 saturated carbocycles. The number of urea groups is 1. The van der Waals surface area contributed by atoms with Crippen LogP contribution in [0.25, 0.3) is 0 Å². The maximum atomic E-state index is 12.6. The van der Waals surface area contributed by atoms with E-state index in [0.29, 0.717) is 24.2 Å². The van der Waals surface area contributed by atoms with Gasteiger partial charge in [0.15, 0.2) is 0 Å². The molecule has 0 aliphatic carbocycles. The molecule has 8 nitrogen and oxygen atoms in total. The standard InChI is InChI=1S/C18H17N3O5.Na.H/c1-2-9-7-10-8-20(18(26)19-11-3-5-12(22)6-4-11)15-13(10)21(16(15)23)14(9)17(24)25;;/h2-6,10,13,15,22H,1,7-8H2,(H,19,26)(H,24,25);;/t10-,13-,15+;;/m1../s1. The molecule has 1 aromatic carbocycles. The summed E-state index contributed by atoms with van der Waals surface area (Å²) in [6.07, 6.45) is 1.94. The van der Waals surface area contributed by atoms with Gasteiger partial charge < -0.3 is 20.4 Å². The van der Waals surface area contributed by atoms with Gasteiger partial charge in [0.2, 0.25) is 0 Å². The van der Waals surface area contributed by atoms with Crippen LogP contribution in [0.5, 0.6) is 5.75 Å². The van der Waals surface area contributed by atoms with Crippen LogP contribution in [0.3, 0.4) is 0 Å². The van der Waals surface area contributed by atoms with Gasteiger partial charge in [-0.05, 0) is 36.3 Å². The van der Waals surface area contributed by atoms with Crippen LogP contribution in [0.2, 0.25) is 0 Å². The van der Waals surface area contributed by atoms with Crippen LogP contribution in [0, 0.1) is 5.92 Å². The number of nitrogens with one attached hydrogen (secondary N) is 1. The fourth-order valence-corrected chi connectivity index (χ4v) is 4.10. The molecule has 2 fully saturated rings. The van der Waals surface area contributed by atoms with E-state index < -0.39 is 18.0 Å². The number of carbonyl (C=O) groups is 3. The van der Waals surface area contributed by atoms with Crippen molar-refractivity contribution in [3.8, 4) is 5.75 Å². The van der Waals surface area contributed by atoms with Gasteiger partial charge in [-0.2, -0.15) is 0 Å². The predicted octanol–water partition coefficient (Wildman–Crippen LogP) is 0.715. The van der Waals surface area contributed by atoms with Gasteiger partial charge in [0, 0.05) is 18.2 Å². The van der Waals surface area contributed by atoms with Crippen molar-refractivity contribution in [1.82, 2.24) is 9.80 Å². The van der Waals surface area contributed by atoms with Crippen LogP contribution in [0.1, 0.15) is 6.42 Å². The number of benzene rings is 1. The number of carbonyl (C=O) groups excluding carboxylic acids is 2. The van der Waals surface area contributed by atoms with Crippen LogP contribution in [-0.4, -0.2) is 86.1 Å². The second-order valence-electron chi connectivity index (χ2n) is 6.62. The SMILES string of the molecule is C=CC1=C(C(=O)O)N2C(=O)[C@@H]3[C@H]2[C@H](C1)CN3C(=O)Nc1ccc(O)cc1.[NaH]. The van der Waals surface area contributed by atoms with Crippen molar-refractivity contribution in [2.24, 2.45) is 5.92 Å². The molecule has 0 aromatic heterocycles. The number of phenolic OH excluding ortho intramolecular Hbond substituents is 1. The summed E-state index contributed by atoms with van der Waals surface area (Å²) >= 11 is 0. The monoisotopic (exact) mass is 379 g/mol. The van der Waals surface area contributed by atoms with Gasteiger partial charge >= 0.3 is 41.6 Å². The van der Waals surface area contributed by atoms with E-state index in [1.54, 1.807) is 12.1 Å². The van der Waals surface area contributed by atoms with Crippen molar-refractivity contribution in [3.05, 3.63) is 48.2 Å². The zero-order chi connectivity index (χ0) is 18.6. The molecule has 3 N–H and O–H groups in total. The molecule has 136 valence electrons. The number of likely N-dealkylation sites (tertiary alicyclic amines) is 1. The van der Waals surface area contributed by atoms with E-state index in [2.05, 4.69) is 11.9 Å². The quantitative estimate of drug-likeness (QED) is 0.407. The van der Waals surface area contributed by atoms with Gasteiger partial charge in [-0.15, -0.1) is 0 Å². The number of aliphatic carboxylic acids is 1. The van der Waals surface area contributed by atoms with E-state index in [4.69, 9.17) is 0 Å². The van der Waals surface area contributed by atoms with Crippen molar-refractivity contribution in [1.29, 1.82) is 0 Å². The minimum atomic E-state index is -1.16. The first-order chi connectivity index (χ1) is 12.4. The van der Waals surface area contributed by atoms with E-state index in [1.165, 1.54) is 28.0 Å². The predicted molar refractivity (Wildman–Crippen MR) is 98.4 cm³/mol. The number of hydrogen-bond donors (Lipinski definition) is 3. The zero-order valence-corrected chi connectivity index (χ0v) is 13.8. The Kier molecular flexibility index (Phi) is 5.07. The molecule has 9 heteroatoms. The first-order valence-corrected chi connectivity index (χ1v) is 8.21. The van der Waals surface area contributed by atoms with Crippen LogP contribution < -0.4 is 5.32 Å². The molecule has 3 heterocycles. The molecule has 3 aliphatic rings. The number of rotatable bonds is 3. The van der Waals surface area contributed by atoms with E-state index in [-0.39, 0.29) is 58.9 Å². The fourth-order valence-electron chi connectivity index (χ4n) is 4.10. The normalized spacial score (nSPS) is 25.3. The van der Waals surface area contributed by atoms with Gasteiger partial charge in [0.25, 0.3) is 5.91 Å². The number of carboxylic acids is 1. The van der Waals surface area contributed by atoms with Crippen LogP contribution in [0.4, 0.5) is 10.5 Å². The average Bonchev–Trinajstić information content (AvgIpc) is 2.98. The third-order valence-electron chi connectivity index (χ3n) is 5.22. The third kappa shape index (κ3) is 2.93. The van der Waals surface area contributed by atoms with Crippen molar-refractivity contribution < 1.29 is 24.6 Å². The molecule has 0 radical (unpaired) electrons. The molecule has 27 heavy (non-hydrogen) atoms. The summed E-state index contributed by atoms with van der Waals surface area (Å²) in [5, 5.41) is 21.5. The van der Waals surface area contributed by atoms with E-state index >= 15 is 0 Å². The van der Waals surface area contributed by atoms with Crippen molar-refractivity contribution in [2.45, 2.75) is 18.5 Å². The number of allylic oxidation sites excluding steroid dienone is 2. The molecular weight excluding hydrogens is 361 g/mol. The Hall–Kier alpha value is -2.29. The van der Waals surface area contributed by atoms with E-state index in [9.17, 15) is 24.6 Å². The Labute approximate surface area is 177 Å². The van der Waals surface area contributed by atoms with Crippen LogP contribution in [0.15, 0.2) is 48.2 Å². The first kappa shape index (κ1) is 19.5. The van der Waals surface area contributed by atoms with Gasteiger partial charge in [-0.1, -0.05) is 12.7 Å². The molecule has 2 saturated heterocycles. The fraction of sp³-hybridized carbons (Fsp3) is 0.278. The second kappa shape index (κ2) is 7.03. The summed E-state index contributed by atoms with van der Waals surface area (Å²) < 4.78 is 0. The Morgan fingerprint density at radius 1 is 1.26 bits per heavy atom. The Balaban J connectivity index is 0.00000210. The number of phenols is 1. The number of nitrogens with zero attached hydrogens (tertiary/aromatic N) is 2. The molecule has 3 aliphatic heterocycles. The third-order valence-corrected chi connectivity index (χ3v) is 5.22. The average molecular weight is 379 g/mol. The van der Waals surface area contributed by atoms with Gasteiger partial charge in [-0.25, -0.2) is 9.59 Å². The Morgan fingerprint density at radius 3 is 2.52 bits per heavy atom. The molecule has 3 amide bonds. The molecule has 0 spiro atoms. The first-order valence-electron chi connectivity index (χ1n) is 8.21. The van der Waals surface area contributed by atoms with Gasteiger partial charge in [0.05, 0.1) is 6.04 Å². The number of β-lactam (4-membered cyclic amide) rings is 1. The number of amides is 3. The summed E-state index contributed by atoms with van der Waals surface area (Å²) in [6, 6.07) is 4.67. The zero-order valence-electron chi connectivity index (χ0n) is 13.8. The topological polar surface area (TPSA) is 110 Å². The molecule has 0 unspecified atom stereocenters. The molecular formula is C18H18N3NaO5. The second-order valence-corrected chi connectivity index (χ2v) is 6.62. The summed E-state index contributed by atoms with van der Waals surface area (Å²) in [6.45, 7) is 4.02. The van der Waals surface area contributed by atoms with Crippen LogP contribution in [-0.2, 0) is 9.59 Å².